The Kier molecular flexibility index (Phi) is 3.41. The van der Waals surface area contributed by atoms with E-state index in [4.69, 9.17) is 16.6 Å². The number of nitrogen functional groups attached to an aromatic ring is 1. The number of nitrogens with two attached hydrogens (primary N) is 2. The van der Waals surface area contributed by atoms with Crippen molar-refractivity contribution in [1.82, 2.24) is 0 Å². The van der Waals surface area contributed by atoms with Gasteiger partial charge in [-0.15, -0.1) is 0 Å². The summed E-state index contributed by atoms with van der Waals surface area (Å²) in [5.74, 6) is -3.31. The first-order chi connectivity index (χ1) is 7.34. The van der Waals surface area contributed by atoms with Crippen molar-refractivity contribution in [2.45, 2.75) is 12.2 Å². The molecule has 6 N–H and O–H groups in total. The van der Waals surface area contributed by atoms with Gasteiger partial charge in [0.15, 0.2) is 6.10 Å². The minimum Gasteiger partial charge on any atom is -0.396 e. The summed E-state index contributed by atoms with van der Waals surface area (Å²) in [6, 6.07) is 1.23. The van der Waals surface area contributed by atoms with Crippen molar-refractivity contribution < 1.29 is 23.8 Å². The monoisotopic (exact) mass is 232 g/mol. The van der Waals surface area contributed by atoms with Crippen LogP contribution in [0.3, 0.4) is 0 Å². The van der Waals surface area contributed by atoms with Crippen LogP contribution in [0.2, 0.25) is 0 Å². The minimum atomic E-state index is -1.98. The van der Waals surface area contributed by atoms with Gasteiger partial charge in [0, 0.05) is 11.6 Å². The van der Waals surface area contributed by atoms with E-state index >= 15 is 0 Å². The highest BCUT2D eigenvalue weighted by Gasteiger charge is 2.26. The number of carbonyl (C=O) groups is 1. The number of halogens is 2. The van der Waals surface area contributed by atoms with Crippen molar-refractivity contribution in [3.63, 3.8) is 0 Å². The third-order valence-corrected chi connectivity index (χ3v) is 2.04. The molecule has 0 aliphatic carbocycles. The van der Waals surface area contributed by atoms with Gasteiger partial charge in [-0.2, -0.15) is 0 Å². The standard InChI is InChI=1S/C9H10F2N2O3/c10-3-1-4(6(12)5(11)2-3)7(14)8(15)9(13)16/h1-2,7-8,14-15H,12H2,(H2,13,16). The number of hydrogen-bond acceptors (Lipinski definition) is 4. The number of benzene rings is 1. The van der Waals surface area contributed by atoms with Crippen LogP contribution in [-0.2, 0) is 4.79 Å². The fourth-order valence-electron chi connectivity index (χ4n) is 1.18. The van der Waals surface area contributed by atoms with Crippen LogP contribution in [0.4, 0.5) is 14.5 Å². The number of aliphatic hydroxyl groups is 2. The molecule has 0 fully saturated rings. The molecule has 0 aromatic heterocycles. The topological polar surface area (TPSA) is 110 Å². The first-order valence-electron chi connectivity index (χ1n) is 4.24. The average molecular weight is 232 g/mol. The number of rotatable bonds is 3. The molecule has 0 heterocycles. The summed E-state index contributed by atoms with van der Waals surface area (Å²) < 4.78 is 25.8. The van der Waals surface area contributed by atoms with Gasteiger partial charge in [-0.05, 0) is 6.07 Å². The quantitative estimate of drug-likeness (QED) is 0.523. The molecule has 5 nitrogen and oxygen atoms in total. The van der Waals surface area contributed by atoms with Crippen molar-refractivity contribution >= 4 is 11.6 Å². The fourth-order valence-corrected chi connectivity index (χ4v) is 1.18. The van der Waals surface area contributed by atoms with Gasteiger partial charge in [-0.1, -0.05) is 0 Å². The van der Waals surface area contributed by atoms with Crippen molar-refractivity contribution in [1.29, 1.82) is 0 Å². The zero-order valence-electron chi connectivity index (χ0n) is 8.02. The molecule has 0 saturated heterocycles. The van der Waals surface area contributed by atoms with Gasteiger partial charge in [-0.25, -0.2) is 8.78 Å². The lowest BCUT2D eigenvalue weighted by atomic mass is 10.0. The molecule has 0 aliphatic rings. The molecule has 2 unspecified atom stereocenters. The van der Waals surface area contributed by atoms with E-state index < -0.39 is 41.0 Å². The molecule has 0 aliphatic heterocycles. The lowest BCUT2D eigenvalue weighted by molar-refractivity contribution is -0.131. The van der Waals surface area contributed by atoms with E-state index in [-0.39, 0.29) is 0 Å². The molecule has 0 radical (unpaired) electrons. The molecule has 88 valence electrons. The Hall–Kier alpha value is -1.73. The van der Waals surface area contributed by atoms with Gasteiger partial charge in [0.05, 0.1) is 5.69 Å². The molecular weight excluding hydrogens is 222 g/mol. The second kappa shape index (κ2) is 4.42. The van der Waals surface area contributed by atoms with E-state index in [0.717, 1.165) is 6.07 Å². The lowest BCUT2D eigenvalue weighted by Crippen LogP contribution is -2.34. The second-order valence-corrected chi connectivity index (χ2v) is 3.18. The average Bonchev–Trinajstić information content (AvgIpc) is 2.21. The Morgan fingerprint density at radius 2 is 1.88 bits per heavy atom. The first kappa shape index (κ1) is 12.3. The summed E-state index contributed by atoms with van der Waals surface area (Å²) in [4.78, 5) is 10.6. The molecule has 1 amide bonds. The Balaban J connectivity index is 3.17. The minimum absolute atomic E-state index is 0.427. The number of carbonyl (C=O) groups excluding carboxylic acids is 1. The van der Waals surface area contributed by atoms with Crippen LogP contribution in [0.15, 0.2) is 12.1 Å². The number of primary amides is 1. The smallest absolute Gasteiger partial charge is 0.249 e. The van der Waals surface area contributed by atoms with E-state index in [1.54, 1.807) is 0 Å². The molecule has 7 heteroatoms. The largest absolute Gasteiger partial charge is 0.396 e. The van der Waals surface area contributed by atoms with E-state index in [0.29, 0.717) is 6.07 Å². The zero-order valence-corrected chi connectivity index (χ0v) is 8.02. The number of hydrogen-bond donors (Lipinski definition) is 4. The summed E-state index contributed by atoms with van der Waals surface area (Å²) in [7, 11) is 0. The van der Waals surface area contributed by atoms with Crippen LogP contribution in [0.1, 0.15) is 11.7 Å². The van der Waals surface area contributed by atoms with E-state index in [9.17, 15) is 18.7 Å². The highest BCUT2D eigenvalue weighted by molar-refractivity contribution is 5.79. The SMILES string of the molecule is NC(=O)C(O)C(O)c1cc(F)cc(F)c1N. The molecule has 0 bridgehead atoms. The molecule has 0 spiro atoms. The molecule has 1 aromatic carbocycles. The molecule has 2 atom stereocenters. The fraction of sp³-hybridized carbons (Fsp3) is 0.222. The Morgan fingerprint density at radius 1 is 1.31 bits per heavy atom. The number of anilines is 1. The van der Waals surface area contributed by atoms with Crippen LogP contribution in [0.25, 0.3) is 0 Å². The molecule has 1 aromatic rings. The number of aliphatic hydroxyl groups excluding tert-OH is 2. The summed E-state index contributed by atoms with van der Waals surface area (Å²) in [6.07, 6.45) is -3.86. The van der Waals surface area contributed by atoms with Crippen molar-refractivity contribution in [3.8, 4) is 0 Å². The highest BCUT2D eigenvalue weighted by Crippen LogP contribution is 2.26. The maximum absolute atomic E-state index is 13.0. The third-order valence-electron chi connectivity index (χ3n) is 2.04. The Morgan fingerprint density at radius 3 is 2.38 bits per heavy atom. The summed E-state index contributed by atoms with van der Waals surface area (Å²) >= 11 is 0. The summed E-state index contributed by atoms with van der Waals surface area (Å²) in [5.41, 5.74) is 8.97. The molecule has 0 saturated carbocycles. The van der Waals surface area contributed by atoms with E-state index in [1.807, 2.05) is 0 Å². The molecular formula is C9H10F2N2O3. The van der Waals surface area contributed by atoms with E-state index in [2.05, 4.69) is 0 Å². The third kappa shape index (κ3) is 2.26. The van der Waals surface area contributed by atoms with Gasteiger partial charge in [0.1, 0.15) is 17.7 Å². The van der Waals surface area contributed by atoms with E-state index in [1.165, 1.54) is 0 Å². The van der Waals surface area contributed by atoms with Crippen molar-refractivity contribution in [2.24, 2.45) is 5.73 Å². The van der Waals surface area contributed by atoms with Gasteiger partial charge >= 0.3 is 0 Å². The lowest BCUT2D eigenvalue weighted by Gasteiger charge is -2.17. The highest BCUT2D eigenvalue weighted by atomic mass is 19.1. The van der Waals surface area contributed by atoms with Gasteiger partial charge < -0.3 is 21.7 Å². The predicted octanol–water partition coefficient (Wildman–Crippen LogP) is -0.573. The Bertz CT molecular complexity index is 425. The van der Waals surface area contributed by atoms with Crippen LogP contribution < -0.4 is 11.5 Å². The summed E-state index contributed by atoms with van der Waals surface area (Å²) in [6.45, 7) is 0. The molecule has 16 heavy (non-hydrogen) atoms. The van der Waals surface area contributed by atoms with Gasteiger partial charge in [0.25, 0.3) is 0 Å². The van der Waals surface area contributed by atoms with Crippen molar-refractivity contribution in [2.75, 3.05) is 5.73 Å². The van der Waals surface area contributed by atoms with Crippen LogP contribution in [0.5, 0.6) is 0 Å². The van der Waals surface area contributed by atoms with Crippen LogP contribution >= 0.6 is 0 Å². The first-order valence-corrected chi connectivity index (χ1v) is 4.24. The van der Waals surface area contributed by atoms with Crippen LogP contribution in [-0.4, -0.2) is 22.2 Å². The van der Waals surface area contributed by atoms with Gasteiger partial charge in [-0.3, -0.25) is 4.79 Å². The van der Waals surface area contributed by atoms with Crippen molar-refractivity contribution in [3.05, 3.63) is 29.3 Å². The Labute approximate surface area is 89.3 Å². The maximum Gasteiger partial charge on any atom is 0.249 e. The van der Waals surface area contributed by atoms with Crippen LogP contribution in [0, 0.1) is 11.6 Å². The second-order valence-electron chi connectivity index (χ2n) is 3.18. The predicted molar refractivity (Wildman–Crippen MR) is 50.9 cm³/mol. The molecule has 1 rings (SSSR count). The van der Waals surface area contributed by atoms with Gasteiger partial charge in [0.2, 0.25) is 5.91 Å². The summed E-state index contributed by atoms with van der Waals surface area (Å²) in [5, 5.41) is 18.6. The maximum atomic E-state index is 13.0. The zero-order chi connectivity index (χ0) is 12.5. The number of amides is 1. The normalized spacial score (nSPS) is 14.5.